The van der Waals surface area contributed by atoms with Gasteiger partial charge < -0.3 is 0 Å². The van der Waals surface area contributed by atoms with Crippen LogP contribution < -0.4 is 4.90 Å². The first-order chi connectivity index (χ1) is 13.7. The summed E-state index contributed by atoms with van der Waals surface area (Å²) in [4.78, 5) is 34.6. The largest absolute Gasteiger partial charge is 0.294 e. The third-order valence-corrected chi connectivity index (χ3v) is 7.40. The molecule has 3 heterocycles. The fraction of sp³-hybridized carbons (Fsp3) is 0.227. The van der Waals surface area contributed by atoms with Crippen molar-refractivity contribution < 1.29 is 9.59 Å². The monoisotopic (exact) mass is 406 g/mol. The first-order valence-electron chi connectivity index (χ1n) is 9.34. The smallest absolute Gasteiger partial charge is 0.249 e. The molecule has 0 spiro atoms. The molecule has 0 saturated carbocycles. The molecule has 4 nitrogen and oxygen atoms in total. The van der Waals surface area contributed by atoms with E-state index in [1.165, 1.54) is 10.4 Å². The van der Waals surface area contributed by atoms with Gasteiger partial charge in [-0.2, -0.15) is 0 Å². The van der Waals surface area contributed by atoms with Gasteiger partial charge in [0.15, 0.2) is 5.78 Å². The Labute approximate surface area is 171 Å². The summed E-state index contributed by atoms with van der Waals surface area (Å²) in [6, 6.07) is 13.2. The zero-order chi connectivity index (χ0) is 19.1. The topological polar surface area (TPSA) is 49.7 Å². The minimum atomic E-state index is -0.114. The molecule has 1 aliphatic carbocycles. The van der Waals surface area contributed by atoms with Crippen LogP contribution >= 0.6 is 22.7 Å². The zero-order valence-corrected chi connectivity index (χ0v) is 16.8. The average molecular weight is 407 g/mol. The van der Waals surface area contributed by atoms with Crippen LogP contribution in [0.25, 0.3) is 0 Å². The Balaban J connectivity index is 1.59. The normalized spacial score (nSPS) is 15.8. The average Bonchev–Trinajstić information content (AvgIpc) is 3.44. The molecular weight excluding hydrogens is 388 g/mol. The van der Waals surface area contributed by atoms with Crippen molar-refractivity contribution in [1.29, 1.82) is 0 Å². The number of rotatable bonds is 4. The highest BCUT2D eigenvalue weighted by molar-refractivity contribution is 7.17. The molecule has 0 radical (unpaired) electrons. The number of carbonyl (C=O) groups is 2. The first-order valence-corrected chi connectivity index (χ1v) is 11.0. The maximum Gasteiger partial charge on any atom is 0.249 e. The number of Topliss-reactive ketones (excluding diaryl/α,β-unsaturated/α-hetero) is 1. The van der Waals surface area contributed by atoms with Gasteiger partial charge in [0, 0.05) is 16.0 Å². The lowest BCUT2D eigenvalue weighted by molar-refractivity contribution is -0.117. The second-order valence-corrected chi connectivity index (χ2v) is 8.98. The van der Waals surface area contributed by atoms with E-state index in [1.807, 2.05) is 29.6 Å². The SMILES string of the molecule is O=C(CN1C(=O)CN=C(c2cccs2)c2c1sc1c2CCC1)c1ccccc1. The van der Waals surface area contributed by atoms with Crippen LogP contribution in [0, 0.1) is 0 Å². The summed E-state index contributed by atoms with van der Waals surface area (Å²) in [6.07, 6.45) is 3.20. The Morgan fingerprint density at radius 3 is 2.75 bits per heavy atom. The molecule has 5 rings (SSSR count). The van der Waals surface area contributed by atoms with Crippen molar-refractivity contribution in [2.24, 2.45) is 4.99 Å². The van der Waals surface area contributed by atoms with Gasteiger partial charge in [0.05, 0.1) is 17.1 Å². The molecule has 0 atom stereocenters. The predicted molar refractivity (Wildman–Crippen MR) is 114 cm³/mol. The molecule has 28 heavy (non-hydrogen) atoms. The summed E-state index contributed by atoms with van der Waals surface area (Å²) in [5.41, 5.74) is 3.93. The van der Waals surface area contributed by atoms with Crippen molar-refractivity contribution >= 4 is 45.1 Å². The van der Waals surface area contributed by atoms with Gasteiger partial charge in [-0.25, -0.2) is 0 Å². The van der Waals surface area contributed by atoms with Crippen molar-refractivity contribution in [2.45, 2.75) is 19.3 Å². The van der Waals surface area contributed by atoms with E-state index in [1.54, 1.807) is 39.7 Å². The molecule has 3 aromatic rings. The van der Waals surface area contributed by atoms with E-state index in [0.717, 1.165) is 40.4 Å². The van der Waals surface area contributed by atoms with E-state index in [-0.39, 0.29) is 24.8 Å². The molecule has 2 aromatic heterocycles. The van der Waals surface area contributed by atoms with Crippen molar-refractivity contribution in [1.82, 2.24) is 0 Å². The molecule has 0 fully saturated rings. The number of ketones is 1. The molecule has 1 aliphatic heterocycles. The molecule has 2 aliphatic rings. The predicted octanol–water partition coefficient (Wildman–Crippen LogP) is 4.37. The number of thiophene rings is 2. The van der Waals surface area contributed by atoms with Gasteiger partial charge in [-0.3, -0.25) is 19.5 Å². The van der Waals surface area contributed by atoms with Crippen LogP contribution in [0.5, 0.6) is 0 Å². The third kappa shape index (κ3) is 2.93. The highest BCUT2D eigenvalue weighted by Gasteiger charge is 2.34. The van der Waals surface area contributed by atoms with E-state index in [4.69, 9.17) is 4.99 Å². The van der Waals surface area contributed by atoms with Gasteiger partial charge in [0.2, 0.25) is 5.91 Å². The molecule has 0 unspecified atom stereocenters. The molecule has 6 heteroatoms. The summed E-state index contributed by atoms with van der Waals surface area (Å²) in [5, 5.41) is 2.93. The van der Waals surface area contributed by atoms with Crippen LogP contribution in [-0.4, -0.2) is 30.5 Å². The van der Waals surface area contributed by atoms with Crippen molar-refractivity contribution in [3.05, 3.63) is 74.3 Å². The molecule has 1 amide bonds. The molecule has 0 N–H and O–H groups in total. The maximum atomic E-state index is 13.0. The van der Waals surface area contributed by atoms with Gasteiger partial charge in [-0.15, -0.1) is 22.7 Å². The summed E-state index contributed by atoms with van der Waals surface area (Å²) >= 11 is 3.31. The Kier molecular flexibility index (Phi) is 4.45. The fourth-order valence-corrected chi connectivity index (χ4v) is 6.03. The number of hydrogen-bond donors (Lipinski definition) is 0. The van der Waals surface area contributed by atoms with Crippen molar-refractivity contribution in [3.63, 3.8) is 0 Å². The number of nitrogens with zero attached hydrogens (tertiary/aromatic N) is 2. The van der Waals surface area contributed by atoms with Gasteiger partial charge >= 0.3 is 0 Å². The quantitative estimate of drug-likeness (QED) is 0.604. The zero-order valence-electron chi connectivity index (χ0n) is 15.2. The number of aliphatic imine (C=N–C) groups is 1. The van der Waals surface area contributed by atoms with Crippen molar-refractivity contribution in [2.75, 3.05) is 18.0 Å². The third-order valence-electron chi connectivity index (χ3n) is 5.21. The number of benzene rings is 1. The molecular formula is C22H18N2O2S2. The lowest BCUT2D eigenvalue weighted by Crippen LogP contribution is -2.36. The van der Waals surface area contributed by atoms with Crippen LogP contribution in [0.4, 0.5) is 5.00 Å². The molecule has 140 valence electrons. The Morgan fingerprint density at radius 1 is 1.11 bits per heavy atom. The summed E-state index contributed by atoms with van der Waals surface area (Å²) in [6.45, 7) is 0.133. The second kappa shape index (κ2) is 7.11. The van der Waals surface area contributed by atoms with Crippen LogP contribution in [0.3, 0.4) is 0 Å². The number of anilines is 1. The Hall–Kier alpha value is -2.57. The first kappa shape index (κ1) is 17.5. The Bertz CT molecular complexity index is 1080. The second-order valence-electron chi connectivity index (χ2n) is 6.95. The summed E-state index contributed by atoms with van der Waals surface area (Å²) in [7, 11) is 0. The number of aryl methyl sites for hydroxylation is 1. The van der Waals surface area contributed by atoms with Gasteiger partial charge in [0.25, 0.3) is 0 Å². The minimum Gasteiger partial charge on any atom is -0.294 e. The van der Waals surface area contributed by atoms with Gasteiger partial charge in [-0.05, 0) is 36.3 Å². The number of carbonyl (C=O) groups excluding carboxylic acids is 2. The number of fused-ring (bicyclic) bond motifs is 3. The van der Waals surface area contributed by atoms with E-state index in [2.05, 4.69) is 6.07 Å². The lowest BCUT2D eigenvalue weighted by Gasteiger charge is -2.20. The maximum absolute atomic E-state index is 13.0. The van der Waals surface area contributed by atoms with Crippen molar-refractivity contribution in [3.8, 4) is 0 Å². The number of hydrogen-bond acceptors (Lipinski definition) is 5. The van der Waals surface area contributed by atoms with Crippen LogP contribution in [0.1, 0.15) is 37.7 Å². The Morgan fingerprint density at radius 2 is 1.96 bits per heavy atom. The van der Waals surface area contributed by atoms with Crippen LogP contribution in [0.2, 0.25) is 0 Å². The fourth-order valence-electron chi connectivity index (χ4n) is 3.88. The highest BCUT2D eigenvalue weighted by atomic mass is 32.1. The molecule has 0 saturated heterocycles. The van der Waals surface area contributed by atoms with E-state index >= 15 is 0 Å². The molecule has 0 bridgehead atoms. The van der Waals surface area contributed by atoms with E-state index in [0.29, 0.717) is 5.56 Å². The summed E-state index contributed by atoms with van der Waals surface area (Å²) in [5.74, 6) is -0.162. The van der Waals surface area contributed by atoms with Gasteiger partial charge in [0.1, 0.15) is 11.5 Å². The van der Waals surface area contributed by atoms with Crippen LogP contribution in [0.15, 0.2) is 52.8 Å². The van der Waals surface area contributed by atoms with E-state index in [9.17, 15) is 9.59 Å². The lowest BCUT2D eigenvalue weighted by atomic mass is 10.0. The molecule has 1 aromatic carbocycles. The highest BCUT2D eigenvalue weighted by Crippen LogP contribution is 2.43. The van der Waals surface area contributed by atoms with Crippen LogP contribution in [-0.2, 0) is 17.6 Å². The number of amides is 1. The van der Waals surface area contributed by atoms with E-state index < -0.39 is 0 Å². The van der Waals surface area contributed by atoms with Gasteiger partial charge in [-0.1, -0.05) is 36.4 Å². The standard InChI is InChI=1S/C22H18N2O2S2/c25-16(14-6-2-1-3-7-14)13-24-19(26)12-23-21(18-10-5-11-27-18)20-15-8-4-9-17(15)28-22(20)24/h1-3,5-7,10-11H,4,8-9,12-13H2. The minimum absolute atomic E-state index is 0.0481. The summed E-state index contributed by atoms with van der Waals surface area (Å²) < 4.78 is 0.